The van der Waals surface area contributed by atoms with E-state index in [0.717, 1.165) is 23.7 Å². The Hall–Kier alpha value is -1.51. The van der Waals surface area contributed by atoms with Crippen LogP contribution in [0.5, 0.6) is 0 Å². The molecule has 1 atom stereocenters. The summed E-state index contributed by atoms with van der Waals surface area (Å²) in [5.41, 5.74) is 3.70. The number of rotatable bonds is 6. The number of hydrogen-bond donors (Lipinski definition) is 1. The molecule has 0 bridgehead atoms. The minimum atomic E-state index is 0.224. The highest BCUT2D eigenvalue weighted by molar-refractivity contribution is 6.31. The summed E-state index contributed by atoms with van der Waals surface area (Å²) in [7, 11) is 2.12. The van der Waals surface area contributed by atoms with Crippen LogP contribution in [-0.4, -0.2) is 13.6 Å². The van der Waals surface area contributed by atoms with Gasteiger partial charge in [-0.1, -0.05) is 54.9 Å². The fourth-order valence-electron chi connectivity index (χ4n) is 2.50. The molecule has 0 spiro atoms. The van der Waals surface area contributed by atoms with Crippen LogP contribution in [0.1, 0.15) is 31.0 Å². The van der Waals surface area contributed by atoms with Crippen molar-refractivity contribution >= 4 is 17.3 Å². The Balaban J connectivity index is 2.27. The van der Waals surface area contributed by atoms with E-state index in [1.54, 1.807) is 0 Å². The van der Waals surface area contributed by atoms with E-state index in [4.69, 9.17) is 11.6 Å². The minimum absolute atomic E-state index is 0.224. The quantitative estimate of drug-likeness (QED) is 0.836. The van der Waals surface area contributed by atoms with Crippen LogP contribution >= 0.6 is 11.6 Å². The third kappa shape index (κ3) is 3.78. The summed E-state index contributed by atoms with van der Waals surface area (Å²) < 4.78 is 0. The standard InChI is InChI=1S/C18H23ClN2/c1-4-20-13-15-9-5-8-12-18(15)21(3)14(2)16-10-6-7-11-17(16)19/h5-12,14,20H,4,13H2,1-3H3. The monoisotopic (exact) mass is 302 g/mol. The van der Waals surface area contributed by atoms with Gasteiger partial charge in [0.1, 0.15) is 0 Å². The van der Waals surface area contributed by atoms with Crippen molar-refractivity contribution in [2.24, 2.45) is 0 Å². The Labute approximate surface area is 132 Å². The maximum atomic E-state index is 6.34. The van der Waals surface area contributed by atoms with Crippen molar-refractivity contribution in [1.82, 2.24) is 5.32 Å². The first-order valence-electron chi connectivity index (χ1n) is 7.41. The Morgan fingerprint density at radius 1 is 1.10 bits per heavy atom. The lowest BCUT2D eigenvalue weighted by Crippen LogP contribution is -2.24. The van der Waals surface area contributed by atoms with E-state index in [1.165, 1.54) is 11.3 Å². The normalized spacial score (nSPS) is 12.2. The zero-order valence-corrected chi connectivity index (χ0v) is 13.7. The number of para-hydroxylation sites is 1. The van der Waals surface area contributed by atoms with E-state index in [0.29, 0.717) is 0 Å². The van der Waals surface area contributed by atoms with Gasteiger partial charge in [0.2, 0.25) is 0 Å². The summed E-state index contributed by atoms with van der Waals surface area (Å²) in [6.45, 7) is 6.16. The van der Waals surface area contributed by atoms with Crippen molar-refractivity contribution in [2.45, 2.75) is 26.4 Å². The van der Waals surface area contributed by atoms with Crippen LogP contribution < -0.4 is 10.2 Å². The molecule has 0 aliphatic heterocycles. The fourth-order valence-corrected chi connectivity index (χ4v) is 2.79. The van der Waals surface area contributed by atoms with Crippen molar-refractivity contribution in [1.29, 1.82) is 0 Å². The van der Waals surface area contributed by atoms with Crippen molar-refractivity contribution in [2.75, 3.05) is 18.5 Å². The second-order valence-corrected chi connectivity index (χ2v) is 5.62. The summed E-state index contributed by atoms with van der Waals surface area (Å²) in [6, 6.07) is 16.8. The van der Waals surface area contributed by atoms with Crippen molar-refractivity contribution < 1.29 is 0 Å². The molecule has 21 heavy (non-hydrogen) atoms. The van der Waals surface area contributed by atoms with E-state index in [1.807, 2.05) is 18.2 Å². The number of hydrogen-bond acceptors (Lipinski definition) is 2. The third-order valence-corrected chi connectivity index (χ3v) is 4.22. The molecule has 1 N–H and O–H groups in total. The van der Waals surface area contributed by atoms with E-state index in [2.05, 4.69) is 61.4 Å². The first kappa shape index (κ1) is 15.9. The lowest BCUT2D eigenvalue weighted by molar-refractivity contribution is 0.704. The highest BCUT2D eigenvalue weighted by Crippen LogP contribution is 2.31. The topological polar surface area (TPSA) is 15.3 Å². The summed E-state index contributed by atoms with van der Waals surface area (Å²) in [5.74, 6) is 0. The summed E-state index contributed by atoms with van der Waals surface area (Å²) >= 11 is 6.34. The van der Waals surface area contributed by atoms with Gasteiger partial charge in [-0.2, -0.15) is 0 Å². The number of nitrogens with one attached hydrogen (secondary N) is 1. The van der Waals surface area contributed by atoms with Crippen LogP contribution in [0.3, 0.4) is 0 Å². The number of benzene rings is 2. The molecule has 2 rings (SSSR count). The highest BCUT2D eigenvalue weighted by atomic mass is 35.5. The van der Waals surface area contributed by atoms with Crippen molar-refractivity contribution in [3.05, 3.63) is 64.7 Å². The van der Waals surface area contributed by atoms with Crippen LogP contribution in [0.4, 0.5) is 5.69 Å². The predicted octanol–water partition coefficient (Wildman–Crippen LogP) is 4.65. The second-order valence-electron chi connectivity index (χ2n) is 5.22. The molecule has 0 fully saturated rings. The molecule has 0 aliphatic carbocycles. The average molecular weight is 303 g/mol. The Morgan fingerprint density at radius 3 is 2.48 bits per heavy atom. The predicted molar refractivity (Wildman–Crippen MR) is 92.1 cm³/mol. The van der Waals surface area contributed by atoms with Gasteiger partial charge in [-0.05, 0) is 36.7 Å². The second kappa shape index (κ2) is 7.48. The molecule has 2 aromatic carbocycles. The minimum Gasteiger partial charge on any atom is -0.368 e. The molecule has 2 aromatic rings. The molecule has 0 aliphatic rings. The van der Waals surface area contributed by atoms with Crippen molar-refractivity contribution in [3.8, 4) is 0 Å². The third-order valence-electron chi connectivity index (χ3n) is 3.87. The molecule has 0 aromatic heterocycles. The number of halogens is 1. The molecule has 0 saturated carbocycles. The van der Waals surface area contributed by atoms with Gasteiger partial charge in [0.05, 0.1) is 6.04 Å². The van der Waals surface area contributed by atoms with Crippen LogP contribution in [-0.2, 0) is 6.54 Å². The highest BCUT2D eigenvalue weighted by Gasteiger charge is 2.16. The number of nitrogens with zero attached hydrogens (tertiary/aromatic N) is 1. The van der Waals surface area contributed by atoms with E-state index in [9.17, 15) is 0 Å². The maximum Gasteiger partial charge on any atom is 0.0525 e. The lowest BCUT2D eigenvalue weighted by Gasteiger charge is -2.30. The molecule has 0 radical (unpaired) electrons. The Bertz CT molecular complexity index is 583. The first-order valence-corrected chi connectivity index (χ1v) is 7.78. The van der Waals surface area contributed by atoms with Gasteiger partial charge in [-0.25, -0.2) is 0 Å². The van der Waals surface area contributed by atoms with Gasteiger partial charge in [0, 0.05) is 24.3 Å². The van der Waals surface area contributed by atoms with E-state index < -0.39 is 0 Å². The molecule has 3 heteroatoms. The molecular formula is C18H23ClN2. The number of anilines is 1. The largest absolute Gasteiger partial charge is 0.368 e. The molecule has 1 unspecified atom stereocenters. The molecular weight excluding hydrogens is 280 g/mol. The van der Waals surface area contributed by atoms with E-state index in [-0.39, 0.29) is 6.04 Å². The van der Waals surface area contributed by atoms with Gasteiger partial charge in [-0.15, -0.1) is 0 Å². The molecule has 112 valence electrons. The summed E-state index contributed by atoms with van der Waals surface area (Å²) in [6.07, 6.45) is 0. The molecule has 0 heterocycles. The van der Waals surface area contributed by atoms with E-state index >= 15 is 0 Å². The van der Waals surface area contributed by atoms with Gasteiger partial charge in [-0.3, -0.25) is 0 Å². The maximum absolute atomic E-state index is 6.34. The molecule has 0 amide bonds. The SMILES string of the molecule is CCNCc1ccccc1N(C)C(C)c1ccccc1Cl. The Kier molecular flexibility index (Phi) is 5.66. The van der Waals surface area contributed by atoms with Crippen LogP contribution in [0.15, 0.2) is 48.5 Å². The summed E-state index contributed by atoms with van der Waals surface area (Å²) in [5, 5.41) is 4.22. The summed E-state index contributed by atoms with van der Waals surface area (Å²) in [4.78, 5) is 2.29. The van der Waals surface area contributed by atoms with Crippen LogP contribution in [0.2, 0.25) is 5.02 Å². The van der Waals surface area contributed by atoms with Crippen LogP contribution in [0.25, 0.3) is 0 Å². The first-order chi connectivity index (χ1) is 10.1. The molecule has 0 saturated heterocycles. The van der Waals surface area contributed by atoms with Gasteiger partial charge in [0.15, 0.2) is 0 Å². The van der Waals surface area contributed by atoms with Crippen LogP contribution in [0, 0.1) is 0 Å². The zero-order valence-electron chi connectivity index (χ0n) is 12.9. The lowest BCUT2D eigenvalue weighted by atomic mass is 10.0. The average Bonchev–Trinajstić information content (AvgIpc) is 2.52. The zero-order chi connectivity index (χ0) is 15.2. The van der Waals surface area contributed by atoms with Gasteiger partial charge >= 0.3 is 0 Å². The fraction of sp³-hybridized carbons (Fsp3) is 0.333. The van der Waals surface area contributed by atoms with Crippen molar-refractivity contribution in [3.63, 3.8) is 0 Å². The van der Waals surface area contributed by atoms with Gasteiger partial charge in [0.25, 0.3) is 0 Å². The smallest absolute Gasteiger partial charge is 0.0525 e. The van der Waals surface area contributed by atoms with Gasteiger partial charge < -0.3 is 10.2 Å². The molecule has 2 nitrogen and oxygen atoms in total. The Morgan fingerprint density at radius 2 is 1.76 bits per heavy atom.